The van der Waals surface area contributed by atoms with E-state index in [0.29, 0.717) is 6.10 Å². The third kappa shape index (κ3) is 2.72. The fourth-order valence-corrected chi connectivity index (χ4v) is 2.66. The van der Waals surface area contributed by atoms with Crippen molar-refractivity contribution < 1.29 is 4.74 Å². The Kier molecular flexibility index (Phi) is 3.40. The number of fused-ring (bicyclic) bond motifs is 1. The number of nitrogens with two attached hydrogens (primary N) is 1. The molecule has 0 saturated carbocycles. The maximum absolute atomic E-state index is 5.77. The number of ether oxygens (including phenoxy) is 1. The van der Waals surface area contributed by atoms with Crippen molar-refractivity contribution in [2.24, 2.45) is 0 Å². The molecule has 0 amide bonds. The minimum absolute atomic E-state index is 0.399. The predicted molar refractivity (Wildman–Crippen MR) is 76.1 cm³/mol. The number of nitrogen functional groups attached to an aromatic ring is 1. The molecule has 1 fully saturated rings. The number of methoxy groups -OCH3 is 1. The molecule has 3 N–H and O–H groups in total. The van der Waals surface area contributed by atoms with Crippen molar-refractivity contribution in [1.29, 1.82) is 0 Å². The van der Waals surface area contributed by atoms with Crippen LogP contribution in [0.1, 0.15) is 12.2 Å². The van der Waals surface area contributed by atoms with E-state index in [9.17, 15) is 0 Å². The highest BCUT2D eigenvalue weighted by Crippen LogP contribution is 2.16. The van der Waals surface area contributed by atoms with Crippen molar-refractivity contribution >= 4 is 16.7 Å². The first-order chi connectivity index (χ1) is 9.24. The lowest BCUT2D eigenvalue weighted by atomic mass is 10.3. The zero-order chi connectivity index (χ0) is 13.2. The third-order valence-electron chi connectivity index (χ3n) is 3.78. The number of anilines is 1. The van der Waals surface area contributed by atoms with E-state index in [1.165, 1.54) is 0 Å². The van der Waals surface area contributed by atoms with E-state index in [1.807, 2.05) is 18.2 Å². The van der Waals surface area contributed by atoms with Gasteiger partial charge in [0.15, 0.2) is 0 Å². The molecular formula is C14H20N4O. The molecule has 1 aromatic carbocycles. The standard InChI is InChI=1S/C14H20N4O/c1-19-11-4-6-18(9-11)7-5-14-16-12-3-2-10(15)8-13(12)17-14/h2-3,8,11H,4-7,9,15H2,1H3,(H,16,17). The van der Waals surface area contributed by atoms with Gasteiger partial charge in [-0.1, -0.05) is 0 Å². The maximum atomic E-state index is 5.77. The Bertz CT molecular complexity index is 566. The van der Waals surface area contributed by atoms with E-state index in [0.717, 1.165) is 55.0 Å². The van der Waals surface area contributed by atoms with Crippen molar-refractivity contribution in [2.75, 3.05) is 32.5 Å². The van der Waals surface area contributed by atoms with Gasteiger partial charge in [-0.2, -0.15) is 0 Å². The van der Waals surface area contributed by atoms with Gasteiger partial charge in [-0.15, -0.1) is 0 Å². The van der Waals surface area contributed by atoms with Crippen LogP contribution < -0.4 is 5.73 Å². The molecule has 1 atom stereocenters. The van der Waals surface area contributed by atoms with Crippen LogP contribution in [0.2, 0.25) is 0 Å². The zero-order valence-electron chi connectivity index (χ0n) is 11.2. The van der Waals surface area contributed by atoms with E-state index in [2.05, 4.69) is 14.9 Å². The molecule has 19 heavy (non-hydrogen) atoms. The van der Waals surface area contributed by atoms with Crippen molar-refractivity contribution in [3.05, 3.63) is 24.0 Å². The molecule has 1 unspecified atom stereocenters. The number of likely N-dealkylation sites (tertiary alicyclic amines) is 1. The monoisotopic (exact) mass is 260 g/mol. The molecule has 3 rings (SSSR count). The summed E-state index contributed by atoms with van der Waals surface area (Å²) in [4.78, 5) is 10.3. The van der Waals surface area contributed by atoms with Crippen LogP contribution in [0.3, 0.4) is 0 Å². The van der Waals surface area contributed by atoms with Gasteiger partial charge in [0.25, 0.3) is 0 Å². The van der Waals surface area contributed by atoms with Gasteiger partial charge in [-0.3, -0.25) is 0 Å². The highest BCUT2D eigenvalue weighted by Gasteiger charge is 2.21. The first-order valence-corrected chi connectivity index (χ1v) is 6.74. The molecule has 1 aliphatic rings. The number of hydrogen-bond donors (Lipinski definition) is 2. The highest BCUT2D eigenvalue weighted by molar-refractivity contribution is 5.78. The lowest BCUT2D eigenvalue weighted by Gasteiger charge is -2.14. The van der Waals surface area contributed by atoms with E-state index < -0.39 is 0 Å². The van der Waals surface area contributed by atoms with Crippen LogP contribution in [0, 0.1) is 0 Å². The molecular weight excluding hydrogens is 240 g/mol. The summed E-state index contributed by atoms with van der Waals surface area (Å²) >= 11 is 0. The molecule has 0 aliphatic carbocycles. The summed E-state index contributed by atoms with van der Waals surface area (Å²) in [7, 11) is 1.79. The van der Waals surface area contributed by atoms with Gasteiger partial charge in [0.2, 0.25) is 0 Å². The molecule has 1 aliphatic heterocycles. The molecule has 1 aromatic heterocycles. The number of benzene rings is 1. The van der Waals surface area contributed by atoms with Gasteiger partial charge in [0.1, 0.15) is 5.82 Å². The van der Waals surface area contributed by atoms with E-state index >= 15 is 0 Å². The topological polar surface area (TPSA) is 67.2 Å². The molecule has 5 heteroatoms. The number of rotatable bonds is 4. The second-order valence-corrected chi connectivity index (χ2v) is 5.16. The number of H-pyrrole nitrogens is 1. The molecule has 102 valence electrons. The summed E-state index contributed by atoms with van der Waals surface area (Å²) in [5, 5.41) is 0. The van der Waals surface area contributed by atoms with Crippen LogP contribution in [0.5, 0.6) is 0 Å². The van der Waals surface area contributed by atoms with E-state index in [4.69, 9.17) is 10.5 Å². The smallest absolute Gasteiger partial charge is 0.108 e. The number of aromatic nitrogens is 2. The average molecular weight is 260 g/mol. The number of aromatic amines is 1. The van der Waals surface area contributed by atoms with Crippen LogP contribution >= 0.6 is 0 Å². The lowest BCUT2D eigenvalue weighted by Crippen LogP contribution is -2.25. The van der Waals surface area contributed by atoms with Crippen LogP contribution in [-0.2, 0) is 11.2 Å². The number of nitrogens with one attached hydrogen (secondary N) is 1. The summed E-state index contributed by atoms with van der Waals surface area (Å²) in [5.41, 5.74) is 8.54. The van der Waals surface area contributed by atoms with Crippen LogP contribution in [0.4, 0.5) is 5.69 Å². The highest BCUT2D eigenvalue weighted by atomic mass is 16.5. The Balaban J connectivity index is 1.62. The molecule has 0 spiro atoms. The molecule has 0 radical (unpaired) electrons. The second-order valence-electron chi connectivity index (χ2n) is 5.16. The summed E-state index contributed by atoms with van der Waals surface area (Å²) in [6.07, 6.45) is 2.47. The minimum Gasteiger partial charge on any atom is -0.399 e. The van der Waals surface area contributed by atoms with Gasteiger partial charge in [0, 0.05) is 38.9 Å². The molecule has 0 bridgehead atoms. The van der Waals surface area contributed by atoms with Gasteiger partial charge in [-0.25, -0.2) is 4.98 Å². The number of hydrogen-bond acceptors (Lipinski definition) is 4. The number of nitrogens with zero attached hydrogens (tertiary/aromatic N) is 2. The lowest BCUT2D eigenvalue weighted by molar-refractivity contribution is 0.108. The molecule has 2 heterocycles. The first-order valence-electron chi connectivity index (χ1n) is 6.74. The number of imidazole rings is 1. The fraction of sp³-hybridized carbons (Fsp3) is 0.500. The minimum atomic E-state index is 0.399. The van der Waals surface area contributed by atoms with Gasteiger partial charge >= 0.3 is 0 Å². The Morgan fingerprint density at radius 3 is 3.21 bits per heavy atom. The summed E-state index contributed by atoms with van der Waals surface area (Å²) in [6, 6.07) is 5.78. The fourth-order valence-electron chi connectivity index (χ4n) is 2.66. The molecule has 5 nitrogen and oxygen atoms in total. The zero-order valence-corrected chi connectivity index (χ0v) is 11.2. The van der Waals surface area contributed by atoms with Crippen LogP contribution in [-0.4, -0.2) is 47.7 Å². The molecule has 1 saturated heterocycles. The van der Waals surface area contributed by atoms with Crippen molar-refractivity contribution in [1.82, 2.24) is 14.9 Å². The van der Waals surface area contributed by atoms with Crippen LogP contribution in [0.15, 0.2) is 18.2 Å². The Morgan fingerprint density at radius 1 is 1.53 bits per heavy atom. The van der Waals surface area contributed by atoms with Gasteiger partial charge in [0.05, 0.1) is 17.1 Å². The third-order valence-corrected chi connectivity index (χ3v) is 3.78. The van der Waals surface area contributed by atoms with Gasteiger partial charge in [-0.05, 0) is 24.6 Å². The van der Waals surface area contributed by atoms with Crippen molar-refractivity contribution in [3.8, 4) is 0 Å². The Hall–Kier alpha value is -1.59. The van der Waals surface area contributed by atoms with Gasteiger partial charge < -0.3 is 20.4 Å². The van der Waals surface area contributed by atoms with E-state index in [1.54, 1.807) is 7.11 Å². The van der Waals surface area contributed by atoms with Crippen molar-refractivity contribution in [3.63, 3.8) is 0 Å². The normalized spacial score (nSPS) is 20.4. The summed E-state index contributed by atoms with van der Waals surface area (Å²) < 4.78 is 5.38. The predicted octanol–water partition coefficient (Wildman–Crippen LogP) is 1.41. The van der Waals surface area contributed by atoms with Crippen molar-refractivity contribution in [2.45, 2.75) is 18.9 Å². The quantitative estimate of drug-likeness (QED) is 0.816. The largest absolute Gasteiger partial charge is 0.399 e. The second kappa shape index (κ2) is 5.19. The van der Waals surface area contributed by atoms with Crippen LogP contribution in [0.25, 0.3) is 11.0 Å². The van der Waals surface area contributed by atoms with E-state index in [-0.39, 0.29) is 0 Å². The SMILES string of the molecule is COC1CCN(CCc2nc3ccc(N)cc3[nH]2)C1. The Morgan fingerprint density at radius 2 is 2.42 bits per heavy atom. The first kappa shape index (κ1) is 12.4. The maximum Gasteiger partial charge on any atom is 0.108 e. The molecule has 2 aromatic rings. The summed E-state index contributed by atoms with van der Waals surface area (Å²) in [5.74, 6) is 1.03. The summed E-state index contributed by atoms with van der Waals surface area (Å²) in [6.45, 7) is 3.17. The average Bonchev–Trinajstić information content (AvgIpc) is 3.01. The Labute approximate surface area is 112 Å².